The number of carbonyl (C=O) groups is 4. The molecule has 9 heteroatoms. The van der Waals surface area contributed by atoms with Gasteiger partial charge in [0.1, 0.15) is 11.4 Å². The molecule has 0 radical (unpaired) electrons. The summed E-state index contributed by atoms with van der Waals surface area (Å²) in [6, 6.07) is 7.06. The molecule has 2 saturated heterocycles. The number of Topliss-reactive ketones (excluding diaryl/α,β-unsaturated/α-hetero) is 3. The molecular formula is C33H45N3O6. The molecule has 3 fully saturated rings. The Labute approximate surface area is 248 Å². The van der Waals surface area contributed by atoms with E-state index in [1.807, 2.05) is 42.3 Å². The minimum Gasteiger partial charge on any atom is -0.379 e. The average Bonchev–Trinajstić information content (AvgIpc) is 3.33. The molecule has 2 aliphatic heterocycles. The minimum absolute atomic E-state index is 0.000966. The Kier molecular flexibility index (Phi) is 9.91. The molecule has 3 aliphatic rings. The van der Waals surface area contributed by atoms with Crippen molar-refractivity contribution in [2.24, 2.45) is 17.8 Å². The first-order chi connectivity index (χ1) is 20.2. The molecule has 4 unspecified atom stereocenters. The first-order valence-electron chi connectivity index (χ1n) is 15.6. The lowest BCUT2D eigenvalue weighted by atomic mass is 9.81. The highest BCUT2D eigenvalue weighted by atomic mass is 16.6. The molecule has 0 spiro atoms. The molecule has 1 aromatic carbocycles. The maximum atomic E-state index is 14.0. The number of morpholine rings is 1. The van der Waals surface area contributed by atoms with Gasteiger partial charge < -0.3 is 19.8 Å². The normalized spacial score (nSPS) is 23.4. The zero-order valence-electron chi connectivity index (χ0n) is 25.0. The maximum Gasteiger partial charge on any atom is 0.223 e. The maximum absolute atomic E-state index is 14.0. The highest BCUT2D eigenvalue weighted by Crippen LogP contribution is 2.37. The zero-order chi connectivity index (χ0) is 29.7. The fourth-order valence-corrected chi connectivity index (χ4v) is 6.59. The van der Waals surface area contributed by atoms with Crippen LogP contribution in [-0.4, -0.2) is 84.2 Å². The number of hydrogen-bond donors (Lipinski definition) is 2. The van der Waals surface area contributed by atoms with E-state index in [9.17, 15) is 19.2 Å². The Balaban J connectivity index is 1.29. The van der Waals surface area contributed by atoms with E-state index < -0.39 is 23.5 Å². The van der Waals surface area contributed by atoms with Gasteiger partial charge in [-0.15, -0.1) is 0 Å². The molecule has 9 nitrogen and oxygen atoms in total. The summed E-state index contributed by atoms with van der Waals surface area (Å²) in [6.07, 6.45) is 7.55. The van der Waals surface area contributed by atoms with Gasteiger partial charge in [-0.3, -0.25) is 24.1 Å². The molecule has 1 amide bonds. The van der Waals surface area contributed by atoms with Crippen molar-refractivity contribution in [1.82, 2.24) is 15.2 Å². The number of ether oxygens (including phenoxy) is 2. The number of nitrogens with one attached hydrogen (secondary N) is 2. The third-order valence-corrected chi connectivity index (χ3v) is 9.30. The van der Waals surface area contributed by atoms with E-state index in [0.717, 1.165) is 42.1 Å². The van der Waals surface area contributed by atoms with E-state index in [-0.39, 0.29) is 36.1 Å². The summed E-state index contributed by atoms with van der Waals surface area (Å²) in [7, 11) is 0. The van der Waals surface area contributed by atoms with Crippen LogP contribution in [0.3, 0.4) is 0 Å². The molecule has 0 bridgehead atoms. The van der Waals surface area contributed by atoms with Crippen LogP contribution in [0.5, 0.6) is 0 Å². The molecule has 42 heavy (non-hydrogen) atoms. The summed E-state index contributed by atoms with van der Waals surface area (Å²) in [5.41, 5.74) is 1.09. The number of hydrogen-bond acceptors (Lipinski definition) is 7. The van der Waals surface area contributed by atoms with Crippen LogP contribution in [0.4, 0.5) is 0 Å². The van der Waals surface area contributed by atoms with Crippen LogP contribution in [0.1, 0.15) is 64.4 Å². The largest absolute Gasteiger partial charge is 0.379 e. The highest BCUT2D eigenvalue weighted by molar-refractivity contribution is 5.98. The standard InChI is InChI=1S/C33H45N3O6/c1-22(15-26(37)20-36-11-13-41-14-12-36)32(40)35-29(17-25-19-34-28-10-6-5-9-27(25)28)30(38)18-24(16-23-7-3-4-8-23)31(39)33(2)21-42-33/h5-6,9-10,19,22-24,29,34H,3-4,7-8,11-18,20-21H2,1-2H3,(H,35,40). The van der Waals surface area contributed by atoms with Crippen molar-refractivity contribution >= 4 is 34.2 Å². The summed E-state index contributed by atoms with van der Waals surface area (Å²) in [6.45, 7) is 6.86. The minimum atomic E-state index is -0.805. The SMILES string of the molecule is CC(CC(=O)CN1CCOCC1)C(=O)NC(Cc1c[nH]c2ccccc12)C(=O)CC(CC1CCCC1)C(=O)C1(C)CO1. The van der Waals surface area contributed by atoms with E-state index in [1.165, 1.54) is 0 Å². The highest BCUT2D eigenvalue weighted by Gasteiger charge is 2.50. The van der Waals surface area contributed by atoms with Gasteiger partial charge in [0.2, 0.25) is 5.91 Å². The second-order valence-electron chi connectivity index (χ2n) is 12.8. The Morgan fingerprint density at radius 2 is 1.81 bits per heavy atom. The van der Waals surface area contributed by atoms with Crippen LogP contribution in [-0.2, 0) is 35.1 Å². The Hall–Kier alpha value is -2.88. The number of ketones is 3. The van der Waals surface area contributed by atoms with Crippen LogP contribution in [0.15, 0.2) is 30.5 Å². The summed E-state index contributed by atoms with van der Waals surface area (Å²) in [5.74, 6) is -1.04. The van der Waals surface area contributed by atoms with Crippen LogP contribution < -0.4 is 5.32 Å². The zero-order valence-corrected chi connectivity index (χ0v) is 25.0. The number of rotatable bonds is 15. The van der Waals surface area contributed by atoms with Crippen LogP contribution in [0.25, 0.3) is 10.9 Å². The van der Waals surface area contributed by atoms with Crippen LogP contribution in [0, 0.1) is 17.8 Å². The molecule has 5 rings (SSSR count). The lowest BCUT2D eigenvalue weighted by Crippen LogP contribution is -2.46. The lowest BCUT2D eigenvalue weighted by Gasteiger charge is -2.26. The topological polar surface area (TPSA) is 121 Å². The van der Waals surface area contributed by atoms with Crippen molar-refractivity contribution < 1.29 is 28.7 Å². The molecule has 2 N–H and O–H groups in total. The van der Waals surface area contributed by atoms with Gasteiger partial charge >= 0.3 is 0 Å². The molecule has 2 aromatic rings. The predicted octanol–water partition coefficient (Wildman–Crippen LogP) is 3.64. The number of aromatic amines is 1. The number of benzene rings is 1. The predicted molar refractivity (Wildman–Crippen MR) is 159 cm³/mol. The van der Waals surface area contributed by atoms with Crippen molar-refractivity contribution in [3.8, 4) is 0 Å². The van der Waals surface area contributed by atoms with Gasteiger partial charge in [-0.2, -0.15) is 0 Å². The fraction of sp³-hybridized carbons (Fsp3) is 0.636. The molecule has 1 aromatic heterocycles. The van der Waals surface area contributed by atoms with E-state index in [1.54, 1.807) is 6.92 Å². The van der Waals surface area contributed by atoms with Crippen molar-refractivity contribution in [2.45, 2.75) is 76.9 Å². The van der Waals surface area contributed by atoms with E-state index in [2.05, 4.69) is 10.3 Å². The summed E-state index contributed by atoms with van der Waals surface area (Å²) in [5, 5.41) is 3.99. The smallest absolute Gasteiger partial charge is 0.223 e. The Bertz CT molecular complexity index is 1270. The van der Waals surface area contributed by atoms with Crippen LogP contribution in [0.2, 0.25) is 0 Å². The first-order valence-corrected chi connectivity index (χ1v) is 15.6. The lowest BCUT2D eigenvalue weighted by molar-refractivity contribution is -0.134. The van der Waals surface area contributed by atoms with Crippen LogP contribution >= 0.6 is 0 Å². The number of aromatic nitrogens is 1. The average molecular weight is 580 g/mol. The van der Waals surface area contributed by atoms with Gasteiger partial charge in [0, 0.05) is 61.3 Å². The van der Waals surface area contributed by atoms with E-state index in [4.69, 9.17) is 9.47 Å². The van der Waals surface area contributed by atoms with Gasteiger partial charge in [0.25, 0.3) is 0 Å². The molecule has 3 heterocycles. The quantitative estimate of drug-likeness (QED) is 0.309. The second kappa shape index (κ2) is 13.6. The molecular weight excluding hydrogens is 534 g/mol. The van der Waals surface area contributed by atoms with Gasteiger partial charge in [0.05, 0.1) is 32.4 Å². The number of epoxide rings is 1. The van der Waals surface area contributed by atoms with Crippen molar-refractivity contribution in [3.63, 3.8) is 0 Å². The number of para-hydroxylation sites is 1. The number of fused-ring (bicyclic) bond motifs is 1. The first kappa shape index (κ1) is 30.6. The van der Waals surface area contributed by atoms with Crippen molar-refractivity contribution in [1.29, 1.82) is 0 Å². The van der Waals surface area contributed by atoms with Gasteiger partial charge in [-0.05, 0) is 30.9 Å². The van der Waals surface area contributed by atoms with E-state index >= 15 is 0 Å². The molecule has 4 atom stereocenters. The summed E-state index contributed by atoms with van der Waals surface area (Å²) in [4.78, 5) is 58.9. The number of amides is 1. The third kappa shape index (κ3) is 7.74. The summed E-state index contributed by atoms with van der Waals surface area (Å²) >= 11 is 0. The molecule has 1 saturated carbocycles. The van der Waals surface area contributed by atoms with E-state index in [0.29, 0.717) is 58.2 Å². The van der Waals surface area contributed by atoms with Crippen molar-refractivity contribution in [2.75, 3.05) is 39.5 Å². The monoisotopic (exact) mass is 579 g/mol. The third-order valence-electron chi connectivity index (χ3n) is 9.30. The van der Waals surface area contributed by atoms with Gasteiger partial charge in [-0.25, -0.2) is 0 Å². The van der Waals surface area contributed by atoms with Crippen molar-refractivity contribution in [3.05, 3.63) is 36.0 Å². The number of H-pyrrole nitrogens is 1. The summed E-state index contributed by atoms with van der Waals surface area (Å²) < 4.78 is 10.8. The fourth-order valence-electron chi connectivity index (χ4n) is 6.59. The second-order valence-corrected chi connectivity index (χ2v) is 12.8. The number of carbonyl (C=O) groups excluding carboxylic acids is 4. The molecule has 1 aliphatic carbocycles. The van der Waals surface area contributed by atoms with Gasteiger partial charge in [-0.1, -0.05) is 50.8 Å². The Morgan fingerprint density at radius 3 is 2.52 bits per heavy atom. The Morgan fingerprint density at radius 1 is 1.10 bits per heavy atom. The number of nitrogens with zero attached hydrogens (tertiary/aromatic N) is 1. The molecule has 228 valence electrons. The van der Waals surface area contributed by atoms with Gasteiger partial charge in [0.15, 0.2) is 11.6 Å².